The molecule has 0 aromatic heterocycles. The molecule has 0 spiro atoms. The predicted molar refractivity (Wildman–Crippen MR) is 101 cm³/mol. The minimum absolute atomic E-state index is 0.195. The van der Waals surface area contributed by atoms with E-state index in [9.17, 15) is 4.79 Å². The van der Waals surface area contributed by atoms with Gasteiger partial charge in [-0.15, -0.1) is 0 Å². The Morgan fingerprint density at radius 2 is 1.76 bits per heavy atom. The second-order valence-corrected chi connectivity index (χ2v) is 7.62. The Morgan fingerprint density at radius 1 is 1.12 bits per heavy atom. The van der Waals surface area contributed by atoms with E-state index in [1.165, 1.54) is 25.9 Å². The number of hydrogen-bond acceptors (Lipinski definition) is 3. The number of rotatable bonds is 6. The number of amides is 1. The molecule has 1 aromatic rings. The van der Waals surface area contributed by atoms with E-state index in [4.69, 9.17) is 4.74 Å². The largest absolute Gasteiger partial charge is 0.381 e. The number of benzene rings is 1. The molecule has 2 saturated heterocycles. The molecular formula is C21H32N2O2. The molecule has 0 aliphatic carbocycles. The zero-order valence-corrected chi connectivity index (χ0v) is 15.8. The lowest BCUT2D eigenvalue weighted by molar-refractivity contribution is 0.0281. The van der Waals surface area contributed by atoms with Crippen molar-refractivity contribution in [3.63, 3.8) is 0 Å². The van der Waals surface area contributed by atoms with E-state index in [1.54, 1.807) is 0 Å². The fourth-order valence-electron chi connectivity index (χ4n) is 4.18. The third-order valence-corrected chi connectivity index (χ3v) is 5.43. The summed E-state index contributed by atoms with van der Waals surface area (Å²) in [7, 11) is 0. The summed E-state index contributed by atoms with van der Waals surface area (Å²) in [5.74, 6) is 0.195. The van der Waals surface area contributed by atoms with E-state index in [2.05, 4.69) is 29.7 Å². The van der Waals surface area contributed by atoms with Gasteiger partial charge in [-0.1, -0.05) is 17.2 Å². The highest BCUT2D eigenvalue weighted by atomic mass is 16.5. The fraction of sp³-hybridized carbons (Fsp3) is 0.667. The second-order valence-electron chi connectivity index (χ2n) is 7.62. The van der Waals surface area contributed by atoms with E-state index in [1.807, 2.05) is 12.1 Å². The summed E-state index contributed by atoms with van der Waals surface area (Å²) in [6.45, 7) is 10.1. The van der Waals surface area contributed by atoms with Crippen LogP contribution >= 0.6 is 0 Å². The van der Waals surface area contributed by atoms with Crippen molar-refractivity contribution in [3.05, 3.63) is 34.9 Å². The van der Waals surface area contributed by atoms with Gasteiger partial charge in [-0.25, -0.2) is 0 Å². The summed E-state index contributed by atoms with van der Waals surface area (Å²) in [5, 5.41) is 0. The molecule has 2 aliphatic heterocycles. The zero-order valence-electron chi connectivity index (χ0n) is 15.8. The smallest absolute Gasteiger partial charge is 0.254 e. The van der Waals surface area contributed by atoms with Crippen LogP contribution in [0.2, 0.25) is 0 Å². The number of carbonyl (C=O) groups excluding carboxylic acids is 1. The van der Waals surface area contributed by atoms with Crippen molar-refractivity contribution in [1.29, 1.82) is 0 Å². The van der Waals surface area contributed by atoms with Gasteiger partial charge in [0.1, 0.15) is 0 Å². The molecule has 0 N–H and O–H groups in total. The van der Waals surface area contributed by atoms with Gasteiger partial charge in [0.25, 0.3) is 5.91 Å². The number of aryl methyl sites for hydroxylation is 2. The van der Waals surface area contributed by atoms with Crippen molar-refractivity contribution in [1.82, 2.24) is 9.80 Å². The van der Waals surface area contributed by atoms with E-state index < -0.39 is 0 Å². The molecule has 0 bridgehead atoms. The van der Waals surface area contributed by atoms with Gasteiger partial charge in [0, 0.05) is 31.4 Å². The molecule has 25 heavy (non-hydrogen) atoms. The van der Waals surface area contributed by atoms with Crippen LogP contribution < -0.4 is 0 Å². The Bertz CT molecular complexity index is 555. The van der Waals surface area contributed by atoms with Crippen molar-refractivity contribution >= 4 is 5.91 Å². The van der Waals surface area contributed by atoms with Crippen LogP contribution in [0.4, 0.5) is 0 Å². The topological polar surface area (TPSA) is 32.8 Å². The quantitative estimate of drug-likeness (QED) is 0.793. The highest BCUT2D eigenvalue weighted by Crippen LogP contribution is 2.20. The van der Waals surface area contributed by atoms with Gasteiger partial charge >= 0.3 is 0 Å². The number of likely N-dealkylation sites (tertiary alicyclic amines) is 1. The van der Waals surface area contributed by atoms with Crippen molar-refractivity contribution in [2.24, 2.45) is 0 Å². The van der Waals surface area contributed by atoms with Crippen molar-refractivity contribution in [2.45, 2.75) is 52.0 Å². The molecule has 0 atom stereocenters. The average Bonchev–Trinajstić information content (AvgIpc) is 3.11. The summed E-state index contributed by atoms with van der Waals surface area (Å²) in [6, 6.07) is 6.51. The first-order chi connectivity index (χ1) is 12.1. The highest BCUT2D eigenvalue weighted by molar-refractivity contribution is 5.94. The lowest BCUT2D eigenvalue weighted by Crippen LogP contribution is -2.44. The Balaban J connectivity index is 1.68. The highest BCUT2D eigenvalue weighted by Gasteiger charge is 2.27. The van der Waals surface area contributed by atoms with Gasteiger partial charge in [0.15, 0.2) is 0 Å². The van der Waals surface area contributed by atoms with Crippen LogP contribution in [0.3, 0.4) is 0 Å². The zero-order chi connectivity index (χ0) is 17.6. The van der Waals surface area contributed by atoms with E-state index >= 15 is 0 Å². The standard InChI is InChI=1S/C21H32N2O2/c1-17-14-18(2)16-19(15-17)21(24)23(20-6-12-25-13-7-20)11-5-10-22-8-3-4-9-22/h14-16,20H,3-13H2,1-2H3. The summed E-state index contributed by atoms with van der Waals surface area (Å²) in [5.41, 5.74) is 3.16. The first-order valence-electron chi connectivity index (χ1n) is 9.83. The van der Waals surface area contributed by atoms with Crippen molar-refractivity contribution < 1.29 is 9.53 Å². The molecule has 2 aliphatic rings. The number of ether oxygens (including phenoxy) is 1. The molecule has 0 unspecified atom stereocenters. The Morgan fingerprint density at radius 3 is 2.40 bits per heavy atom. The Labute approximate surface area is 152 Å². The van der Waals surface area contributed by atoms with E-state index in [0.29, 0.717) is 6.04 Å². The van der Waals surface area contributed by atoms with Crippen LogP contribution in [0.5, 0.6) is 0 Å². The van der Waals surface area contributed by atoms with Crippen LogP contribution in [0, 0.1) is 13.8 Å². The third-order valence-electron chi connectivity index (χ3n) is 5.43. The van der Waals surface area contributed by atoms with Gasteiger partial charge in [-0.05, 0) is 77.7 Å². The van der Waals surface area contributed by atoms with Crippen molar-refractivity contribution in [3.8, 4) is 0 Å². The normalized spacial score (nSPS) is 19.3. The molecular weight excluding hydrogens is 312 g/mol. The van der Waals surface area contributed by atoms with E-state index in [-0.39, 0.29) is 5.91 Å². The predicted octanol–water partition coefficient (Wildman–Crippen LogP) is 3.41. The maximum atomic E-state index is 13.2. The van der Waals surface area contributed by atoms with Crippen LogP contribution in [0.1, 0.15) is 53.6 Å². The second kappa shape index (κ2) is 8.81. The molecule has 1 aromatic carbocycles. The molecule has 4 heteroatoms. The van der Waals surface area contributed by atoms with Crippen LogP contribution in [-0.2, 0) is 4.74 Å². The number of nitrogens with zero attached hydrogens (tertiary/aromatic N) is 2. The summed E-state index contributed by atoms with van der Waals surface area (Å²) in [6.07, 6.45) is 5.63. The maximum absolute atomic E-state index is 13.2. The molecule has 0 radical (unpaired) electrons. The summed E-state index contributed by atoms with van der Waals surface area (Å²) < 4.78 is 5.51. The van der Waals surface area contributed by atoms with Gasteiger partial charge in [-0.3, -0.25) is 4.79 Å². The molecule has 0 saturated carbocycles. The van der Waals surface area contributed by atoms with E-state index in [0.717, 1.165) is 62.3 Å². The average molecular weight is 344 g/mol. The third kappa shape index (κ3) is 5.05. The molecule has 1 amide bonds. The fourth-order valence-corrected chi connectivity index (χ4v) is 4.18. The molecule has 4 nitrogen and oxygen atoms in total. The van der Waals surface area contributed by atoms with Gasteiger partial charge < -0.3 is 14.5 Å². The number of carbonyl (C=O) groups is 1. The minimum Gasteiger partial charge on any atom is -0.381 e. The molecule has 138 valence electrons. The van der Waals surface area contributed by atoms with Crippen LogP contribution in [0.25, 0.3) is 0 Å². The first kappa shape index (κ1) is 18.4. The maximum Gasteiger partial charge on any atom is 0.254 e. The first-order valence-corrected chi connectivity index (χ1v) is 9.83. The monoisotopic (exact) mass is 344 g/mol. The minimum atomic E-state index is 0.195. The molecule has 2 fully saturated rings. The SMILES string of the molecule is Cc1cc(C)cc(C(=O)N(CCCN2CCCC2)C2CCOCC2)c1. The Hall–Kier alpha value is -1.39. The van der Waals surface area contributed by atoms with Crippen molar-refractivity contribution in [2.75, 3.05) is 39.4 Å². The lowest BCUT2D eigenvalue weighted by atomic mass is 10.0. The van der Waals surface area contributed by atoms with Gasteiger partial charge in [0.2, 0.25) is 0 Å². The lowest BCUT2D eigenvalue weighted by Gasteiger charge is -2.35. The molecule has 2 heterocycles. The van der Waals surface area contributed by atoms with Gasteiger partial charge in [0.05, 0.1) is 0 Å². The summed E-state index contributed by atoms with van der Waals surface area (Å²) >= 11 is 0. The van der Waals surface area contributed by atoms with Gasteiger partial charge in [-0.2, -0.15) is 0 Å². The molecule has 3 rings (SSSR count). The Kier molecular flexibility index (Phi) is 6.49. The number of hydrogen-bond donors (Lipinski definition) is 0. The van der Waals surface area contributed by atoms with Crippen LogP contribution in [-0.4, -0.2) is 61.1 Å². The summed E-state index contributed by atoms with van der Waals surface area (Å²) in [4.78, 5) is 17.9. The van der Waals surface area contributed by atoms with Crippen LogP contribution in [0.15, 0.2) is 18.2 Å².